The fraction of sp³-hybridized carbons (Fsp3) is 0.829. The second-order valence-corrected chi connectivity index (χ2v) is 13.6. The number of aliphatic hydroxyl groups excluding tert-OH is 1. The number of hydrogen-bond acceptors (Lipinski definition) is 9. The Hall–Kier alpha value is -3.26. The molecule has 0 aliphatic carbocycles. The van der Waals surface area contributed by atoms with Crippen molar-refractivity contribution in [2.75, 3.05) is 26.7 Å². The normalized spacial score (nSPS) is 25.4. The third kappa shape index (κ3) is 15.9. The minimum atomic E-state index is -1.43. The van der Waals surface area contributed by atoms with E-state index < -0.39 is 84.8 Å². The van der Waals surface area contributed by atoms with E-state index in [0.717, 1.165) is 32.1 Å². The van der Waals surface area contributed by atoms with Gasteiger partial charge in [-0.1, -0.05) is 86.0 Å². The Morgan fingerprint density at radius 1 is 0.776 bits per heavy atom. The molecule has 6 atom stereocenters. The minimum absolute atomic E-state index is 0.0138. The first-order valence-electron chi connectivity index (χ1n) is 18.3. The fourth-order valence-electron chi connectivity index (χ4n) is 5.90. The number of ether oxygens (including phenoxy) is 1. The van der Waals surface area contributed by atoms with Crippen molar-refractivity contribution in [2.24, 2.45) is 17.6 Å². The monoisotopic (exact) mass is 696 g/mol. The van der Waals surface area contributed by atoms with E-state index in [1.807, 2.05) is 20.8 Å². The molecular weight excluding hydrogens is 632 g/mol. The van der Waals surface area contributed by atoms with Crippen LogP contribution in [0.15, 0.2) is 0 Å². The van der Waals surface area contributed by atoms with E-state index in [1.54, 1.807) is 6.92 Å². The van der Waals surface area contributed by atoms with E-state index in [-0.39, 0.29) is 25.3 Å². The summed E-state index contributed by atoms with van der Waals surface area (Å²) in [6, 6.07) is -4.59. The molecule has 1 rings (SSSR count). The molecule has 282 valence electrons. The Balaban J connectivity index is 3.43. The van der Waals surface area contributed by atoms with Crippen LogP contribution in [0.5, 0.6) is 0 Å². The topological polar surface area (TPSA) is 209 Å². The van der Waals surface area contributed by atoms with Gasteiger partial charge in [0.2, 0.25) is 29.5 Å². The largest absolute Gasteiger partial charge is 0.460 e. The van der Waals surface area contributed by atoms with Gasteiger partial charge in [-0.3, -0.25) is 28.8 Å². The zero-order valence-corrected chi connectivity index (χ0v) is 30.7. The third-order valence-corrected chi connectivity index (χ3v) is 8.91. The summed E-state index contributed by atoms with van der Waals surface area (Å²) in [5, 5.41) is 20.1. The molecule has 0 radical (unpaired) electrons. The molecule has 7 N–H and O–H groups in total. The zero-order valence-electron chi connectivity index (χ0n) is 30.7. The van der Waals surface area contributed by atoms with Gasteiger partial charge in [0, 0.05) is 7.05 Å². The molecule has 1 aliphatic heterocycles. The average Bonchev–Trinajstić information content (AvgIpc) is 3.06. The van der Waals surface area contributed by atoms with Gasteiger partial charge in [-0.25, -0.2) is 0 Å². The summed E-state index contributed by atoms with van der Waals surface area (Å²) in [7, 11) is 1.53. The van der Waals surface area contributed by atoms with Gasteiger partial charge in [0.1, 0.15) is 36.8 Å². The number of rotatable bonds is 16. The Morgan fingerprint density at radius 3 is 1.90 bits per heavy atom. The number of esters is 1. The lowest BCUT2D eigenvalue weighted by Gasteiger charge is -2.34. The maximum absolute atomic E-state index is 14.0. The van der Waals surface area contributed by atoms with E-state index in [9.17, 15) is 33.9 Å². The molecule has 14 heteroatoms. The SMILES string of the molecule is CCCCCCCCCCC1OC(=O)CNC(=O)[C@H](CCN)NC(=O)[C@H](CO)NC(=O)[C@H](CCC)NC(=O)[C@H](CC(C)C)N(C)C(=O)[C@@H]1C. The van der Waals surface area contributed by atoms with E-state index in [4.69, 9.17) is 10.5 Å². The Labute approximate surface area is 292 Å². The number of hydrogen-bond donors (Lipinski definition) is 6. The Bertz CT molecular complexity index is 1060. The lowest BCUT2D eigenvalue weighted by molar-refractivity contribution is -0.157. The maximum atomic E-state index is 14.0. The van der Waals surface area contributed by atoms with Crippen LogP contribution < -0.4 is 27.0 Å². The molecule has 1 saturated heterocycles. The molecule has 5 amide bonds. The van der Waals surface area contributed by atoms with Crippen molar-refractivity contribution in [2.45, 2.75) is 148 Å². The van der Waals surface area contributed by atoms with Crippen LogP contribution in [0, 0.1) is 11.8 Å². The van der Waals surface area contributed by atoms with Crippen LogP contribution in [0.2, 0.25) is 0 Å². The number of nitrogens with two attached hydrogens (primary N) is 1. The first-order chi connectivity index (χ1) is 23.3. The van der Waals surface area contributed by atoms with Crippen LogP contribution in [0.25, 0.3) is 0 Å². The highest BCUT2D eigenvalue weighted by atomic mass is 16.5. The van der Waals surface area contributed by atoms with Crippen molar-refractivity contribution < 1.29 is 38.6 Å². The van der Waals surface area contributed by atoms with Gasteiger partial charge in [-0.2, -0.15) is 0 Å². The predicted molar refractivity (Wildman–Crippen MR) is 187 cm³/mol. The smallest absolute Gasteiger partial charge is 0.325 e. The number of nitrogens with one attached hydrogen (secondary N) is 4. The summed E-state index contributed by atoms with van der Waals surface area (Å²) in [6.45, 7) is 8.24. The molecule has 1 aliphatic rings. The van der Waals surface area contributed by atoms with E-state index >= 15 is 0 Å². The van der Waals surface area contributed by atoms with E-state index in [2.05, 4.69) is 28.2 Å². The van der Waals surface area contributed by atoms with Gasteiger partial charge in [0.15, 0.2) is 0 Å². The highest BCUT2D eigenvalue weighted by molar-refractivity contribution is 5.96. The molecule has 49 heavy (non-hydrogen) atoms. The molecule has 0 aromatic heterocycles. The standard InChI is InChI=1S/C35H64N6O8/c1-7-9-10-11-12-13-14-15-17-29-24(5)35(48)41(6)28(20-23(3)4)34(47)39-25(16-8-2)32(45)40-27(22-42)33(46)38-26(18-19-36)31(44)37-21-30(43)49-29/h23-29,42H,7-22,36H2,1-6H3,(H,37,44)(H,38,46)(H,39,47)(H,40,45)/t24-,25+,26+,27+,28+,29?/m1/s1. The number of amides is 5. The average molecular weight is 697 g/mol. The zero-order chi connectivity index (χ0) is 36.9. The van der Waals surface area contributed by atoms with Gasteiger partial charge in [0.05, 0.1) is 12.5 Å². The van der Waals surface area contributed by atoms with Gasteiger partial charge in [-0.05, 0) is 44.6 Å². The van der Waals surface area contributed by atoms with Gasteiger partial charge < -0.3 is 41.7 Å². The van der Waals surface area contributed by atoms with Crippen molar-refractivity contribution in [3.63, 3.8) is 0 Å². The third-order valence-electron chi connectivity index (χ3n) is 8.91. The second-order valence-electron chi connectivity index (χ2n) is 13.6. The van der Waals surface area contributed by atoms with E-state index in [1.165, 1.54) is 31.2 Å². The van der Waals surface area contributed by atoms with Crippen molar-refractivity contribution in [1.82, 2.24) is 26.2 Å². The van der Waals surface area contributed by atoms with Gasteiger partial charge in [-0.15, -0.1) is 0 Å². The Morgan fingerprint density at radius 2 is 1.33 bits per heavy atom. The molecule has 1 fully saturated rings. The van der Waals surface area contributed by atoms with Crippen LogP contribution in [0.3, 0.4) is 0 Å². The van der Waals surface area contributed by atoms with Crippen LogP contribution in [-0.2, 0) is 33.5 Å². The van der Waals surface area contributed by atoms with Crippen molar-refractivity contribution in [1.29, 1.82) is 0 Å². The van der Waals surface area contributed by atoms with Crippen LogP contribution in [-0.4, -0.2) is 103 Å². The lowest BCUT2D eigenvalue weighted by Crippen LogP contribution is -2.59. The molecule has 0 bridgehead atoms. The minimum Gasteiger partial charge on any atom is -0.460 e. The van der Waals surface area contributed by atoms with Crippen LogP contribution in [0.1, 0.15) is 118 Å². The molecule has 0 aromatic carbocycles. The van der Waals surface area contributed by atoms with Crippen molar-refractivity contribution in [3.8, 4) is 0 Å². The fourth-order valence-corrected chi connectivity index (χ4v) is 5.90. The number of likely N-dealkylation sites (N-methyl/N-ethyl adjacent to an activating group) is 1. The number of carbonyl (C=O) groups is 6. The van der Waals surface area contributed by atoms with Crippen molar-refractivity contribution in [3.05, 3.63) is 0 Å². The summed E-state index contributed by atoms with van der Waals surface area (Å²) in [4.78, 5) is 81.6. The molecular formula is C35H64N6O8. The second kappa shape index (κ2) is 24.0. The molecule has 0 spiro atoms. The first-order valence-corrected chi connectivity index (χ1v) is 18.3. The van der Waals surface area contributed by atoms with Gasteiger partial charge in [0.25, 0.3) is 0 Å². The number of carbonyl (C=O) groups excluding carboxylic acids is 6. The molecule has 1 unspecified atom stereocenters. The summed E-state index contributed by atoms with van der Waals surface area (Å²) in [6.07, 6.45) is 9.19. The molecule has 0 aromatic rings. The number of cyclic esters (lactones) is 1. The van der Waals surface area contributed by atoms with Crippen LogP contribution in [0.4, 0.5) is 0 Å². The predicted octanol–water partition coefficient (Wildman–Crippen LogP) is 1.66. The first kappa shape index (κ1) is 43.8. The Kier molecular flexibility index (Phi) is 21.4. The molecule has 0 saturated carbocycles. The highest BCUT2D eigenvalue weighted by Crippen LogP contribution is 2.22. The van der Waals surface area contributed by atoms with E-state index in [0.29, 0.717) is 19.3 Å². The van der Waals surface area contributed by atoms with Crippen molar-refractivity contribution >= 4 is 35.5 Å². The highest BCUT2D eigenvalue weighted by Gasteiger charge is 2.37. The van der Waals surface area contributed by atoms with Crippen LogP contribution >= 0.6 is 0 Å². The lowest BCUT2D eigenvalue weighted by atomic mass is 9.94. The summed E-state index contributed by atoms with van der Waals surface area (Å²) in [5.41, 5.74) is 5.67. The summed E-state index contributed by atoms with van der Waals surface area (Å²) < 4.78 is 5.81. The van der Waals surface area contributed by atoms with Gasteiger partial charge >= 0.3 is 5.97 Å². The molecule has 1 heterocycles. The number of aliphatic hydroxyl groups is 1. The number of nitrogens with zero attached hydrogens (tertiary/aromatic N) is 1. The maximum Gasteiger partial charge on any atom is 0.325 e. The molecule has 14 nitrogen and oxygen atoms in total. The number of unbranched alkanes of at least 4 members (excludes halogenated alkanes) is 7. The summed E-state index contributed by atoms with van der Waals surface area (Å²) >= 11 is 0. The quantitative estimate of drug-likeness (QED) is 0.102. The summed E-state index contributed by atoms with van der Waals surface area (Å²) in [5.74, 6) is -4.71.